The summed E-state index contributed by atoms with van der Waals surface area (Å²) in [4.78, 5) is 0. The van der Waals surface area contributed by atoms with Crippen LogP contribution in [0.4, 0.5) is 0 Å². The van der Waals surface area contributed by atoms with E-state index in [0.29, 0.717) is 6.54 Å². The van der Waals surface area contributed by atoms with Crippen LogP contribution in [0.25, 0.3) is 0 Å². The fraction of sp³-hybridized carbons (Fsp3) is 0.444. The van der Waals surface area contributed by atoms with Crippen molar-refractivity contribution in [1.29, 1.82) is 0 Å². The molecule has 0 aliphatic carbocycles. The van der Waals surface area contributed by atoms with E-state index in [1.54, 1.807) is 4.68 Å². The molecule has 1 heterocycles. The highest BCUT2D eigenvalue weighted by Crippen LogP contribution is 2.13. The molecule has 0 aliphatic heterocycles. The van der Waals surface area contributed by atoms with Crippen LogP contribution in [-0.4, -0.2) is 15.8 Å². The number of aromatic nitrogens is 2. The lowest BCUT2D eigenvalue weighted by Gasteiger charge is -2.04. The molecule has 1 aromatic rings. The standard InChI is InChI=1S/C9H12BrN3/c1-4-7(2)11-5-9-8(10)6-13(3)12-9/h1,6-7,11H,5H2,2-3H3. The molecule has 3 nitrogen and oxygen atoms in total. The van der Waals surface area contributed by atoms with Crippen LogP contribution in [0.2, 0.25) is 0 Å². The second kappa shape index (κ2) is 4.45. The van der Waals surface area contributed by atoms with E-state index in [1.165, 1.54) is 0 Å². The first-order valence-electron chi connectivity index (χ1n) is 4.01. The molecule has 0 bridgehead atoms. The van der Waals surface area contributed by atoms with E-state index < -0.39 is 0 Å². The Morgan fingerprint density at radius 1 is 1.85 bits per heavy atom. The van der Waals surface area contributed by atoms with Gasteiger partial charge in [0.2, 0.25) is 0 Å². The van der Waals surface area contributed by atoms with Crippen molar-refractivity contribution in [3.05, 3.63) is 16.4 Å². The number of hydrogen-bond acceptors (Lipinski definition) is 2. The maximum Gasteiger partial charge on any atom is 0.0904 e. The van der Waals surface area contributed by atoms with Gasteiger partial charge in [0.15, 0.2) is 0 Å². The Hall–Kier alpha value is -0.790. The van der Waals surface area contributed by atoms with Gasteiger partial charge in [-0.25, -0.2) is 0 Å². The Balaban J connectivity index is 2.55. The van der Waals surface area contributed by atoms with E-state index in [-0.39, 0.29) is 6.04 Å². The predicted molar refractivity (Wildman–Crippen MR) is 56.0 cm³/mol. The molecule has 4 heteroatoms. The van der Waals surface area contributed by atoms with Gasteiger partial charge >= 0.3 is 0 Å². The van der Waals surface area contributed by atoms with Crippen molar-refractivity contribution >= 4 is 15.9 Å². The number of rotatable bonds is 3. The Kier molecular flexibility index (Phi) is 3.52. The van der Waals surface area contributed by atoms with Gasteiger partial charge in [-0.2, -0.15) is 5.10 Å². The minimum Gasteiger partial charge on any atom is -0.298 e. The summed E-state index contributed by atoms with van der Waals surface area (Å²) in [7, 11) is 1.89. The highest BCUT2D eigenvalue weighted by atomic mass is 79.9. The van der Waals surface area contributed by atoms with Gasteiger partial charge in [0.05, 0.1) is 16.2 Å². The van der Waals surface area contributed by atoms with E-state index in [0.717, 1.165) is 10.2 Å². The maximum absolute atomic E-state index is 5.23. The van der Waals surface area contributed by atoms with Crippen LogP contribution >= 0.6 is 15.9 Å². The van der Waals surface area contributed by atoms with Gasteiger partial charge < -0.3 is 0 Å². The summed E-state index contributed by atoms with van der Waals surface area (Å²) >= 11 is 3.41. The van der Waals surface area contributed by atoms with Crippen molar-refractivity contribution in [1.82, 2.24) is 15.1 Å². The lowest BCUT2D eigenvalue weighted by atomic mass is 10.3. The third-order valence-electron chi connectivity index (χ3n) is 1.68. The molecule has 0 aromatic carbocycles. The molecule has 13 heavy (non-hydrogen) atoms. The summed E-state index contributed by atoms with van der Waals surface area (Å²) in [5.74, 6) is 2.60. The molecule has 1 aromatic heterocycles. The van der Waals surface area contributed by atoms with Crippen LogP contribution in [0.5, 0.6) is 0 Å². The van der Waals surface area contributed by atoms with Gasteiger partial charge in [-0.1, -0.05) is 5.92 Å². The van der Waals surface area contributed by atoms with Crippen LogP contribution in [0, 0.1) is 12.3 Å². The second-order valence-electron chi connectivity index (χ2n) is 2.87. The number of terminal acetylenes is 1. The van der Waals surface area contributed by atoms with Crippen LogP contribution in [-0.2, 0) is 13.6 Å². The number of halogens is 1. The van der Waals surface area contributed by atoms with Crippen LogP contribution in [0.1, 0.15) is 12.6 Å². The van der Waals surface area contributed by atoms with Gasteiger partial charge in [-0.3, -0.25) is 10.00 Å². The van der Waals surface area contributed by atoms with Gasteiger partial charge in [0.1, 0.15) is 0 Å². The zero-order valence-electron chi connectivity index (χ0n) is 7.71. The van der Waals surface area contributed by atoms with E-state index in [1.807, 2.05) is 20.2 Å². The van der Waals surface area contributed by atoms with Crippen molar-refractivity contribution in [2.45, 2.75) is 19.5 Å². The molecule has 0 radical (unpaired) electrons. The van der Waals surface area contributed by atoms with Crippen LogP contribution in [0.3, 0.4) is 0 Å². The zero-order valence-corrected chi connectivity index (χ0v) is 9.30. The first-order chi connectivity index (χ1) is 6.13. The van der Waals surface area contributed by atoms with Gasteiger partial charge in [0.25, 0.3) is 0 Å². The largest absolute Gasteiger partial charge is 0.298 e. The lowest BCUT2D eigenvalue weighted by molar-refractivity contribution is 0.623. The summed E-state index contributed by atoms with van der Waals surface area (Å²) in [6.07, 6.45) is 7.14. The number of nitrogens with zero attached hydrogens (tertiary/aromatic N) is 2. The number of aryl methyl sites for hydroxylation is 1. The molecule has 1 atom stereocenters. The fourth-order valence-corrected chi connectivity index (χ4v) is 1.45. The van der Waals surface area contributed by atoms with Crippen LogP contribution in [0.15, 0.2) is 10.7 Å². The van der Waals surface area contributed by atoms with Crippen LogP contribution < -0.4 is 5.32 Å². The molecule has 0 aliphatic rings. The highest BCUT2D eigenvalue weighted by molar-refractivity contribution is 9.10. The summed E-state index contributed by atoms with van der Waals surface area (Å²) in [5.41, 5.74) is 0.976. The molecule has 1 unspecified atom stereocenters. The average molecular weight is 242 g/mol. The number of hydrogen-bond donors (Lipinski definition) is 1. The van der Waals surface area contributed by atoms with Gasteiger partial charge in [-0.15, -0.1) is 6.42 Å². The van der Waals surface area contributed by atoms with E-state index >= 15 is 0 Å². The molecule has 0 saturated heterocycles. The maximum atomic E-state index is 5.23. The van der Waals surface area contributed by atoms with E-state index in [9.17, 15) is 0 Å². The zero-order chi connectivity index (χ0) is 9.84. The van der Waals surface area contributed by atoms with Crippen molar-refractivity contribution in [2.24, 2.45) is 7.05 Å². The molecule has 0 amide bonds. The van der Waals surface area contributed by atoms with E-state index in [4.69, 9.17) is 6.42 Å². The molecule has 1 rings (SSSR count). The summed E-state index contributed by atoms with van der Waals surface area (Å²) < 4.78 is 2.77. The van der Waals surface area contributed by atoms with Gasteiger partial charge in [-0.05, 0) is 22.9 Å². The predicted octanol–water partition coefficient (Wildman–Crippen LogP) is 1.29. The SMILES string of the molecule is C#CC(C)NCc1nn(C)cc1Br. The highest BCUT2D eigenvalue weighted by Gasteiger charge is 2.04. The Bertz CT molecular complexity index is 324. The second-order valence-corrected chi connectivity index (χ2v) is 3.72. The van der Waals surface area contributed by atoms with E-state index in [2.05, 4.69) is 32.3 Å². The first-order valence-corrected chi connectivity index (χ1v) is 4.80. The normalized spacial score (nSPS) is 12.5. The molecule has 1 N–H and O–H groups in total. The molecular weight excluding hydrogens is 230 g/mol. The smallest absolute Gasteiger partial charge is 0.0904 e. The Morgan fingerprint density at radius 2 is 2.54 bits per heavy atom. The molecule has 0 spiro atoms. The summed E-state index contributed by atoms with van der Waals surface area (Å²) in [6.45, 7) is 2.63. The average Bonchev–Trinajstić information content (AvgIpc) is 2.41. The summed E-state index contributed by atoms with van der Waals surface area (Å²) in [6, 6.07) is 0.0777. The van der Waals surface area contributed by atoms with Crippen molar-refractivity contribution in [3.8, 4) is 12.3 Å². The fourth-order valence-electron chi connectivity index (χ4n) is 0.934. The quantitative estimate of drug-likeness (QED) is 0.809. The molecule has 0 saturated carbocycles. The third kappa shape index (κ3) is 2.87. The van der Waals surface area contributed by atoms with Crippen molar-refractivity contribution < 1.29 is 0 Å². The lowest BCUT2D eigenvalue weighted by Crippen LogP contribution is -2.23. The number of nitrogens with one attached hydrogen (secondary N) is 1. The van der Waals surface area contributed by atoms with Gasteiger partial charge in [0, 0.05) is 19.8 Å². The monoisotopic (exact) mass is 241 g/mol. The van der Waals surface area contributed by atoms with Crippen molar-refractivity contribution in [2.75, 3.05) is 0 Å². The summed E-state index contributed by atoms with van der Waals surface area (Å²) in [5, 5.41) is 7.42. The minimum absolute atomic E-state index is 0.0777. The molecule has 70 valence electrons. The Labute approximate surface area is 86.6 Å². The third-order valence-corrected chi connectivity index (χ3v) is 2.34. The van der Waals surface area contributed by atoms with Crippen molar-refractivity contribution in [3.63, 3.8) is 0 Å². The Morgan fingerprint density at radius 3 is 3.00 bits per heavy atom. The topological polar surface area (TPSA) is 29.9 Å². The first kappa shape index (κ1) is 10.3. The molecule has 0 fully saturated rings. The minimum atomic E-state index is 0.0777. The molecular formula is C9H12BrN3.